The fraction of sp³-hybridized carbons (Fsp3) is 0.625. The van der Waals surface area contributed by atoms with Crippen molar-refractivity contribution in [1.82, 2.24) is 5.43 Å². The van der Waals surface area contributed by atoms with Gasteiger partial charge in [0.1, 0.15) is 24.9 Å². The summed E-state index contributed by atoms with van der Waals surface area (Å²) in [5.41, 5.74) is 3.56. The van der Waals surface area contributed by atoms with Gasteiger partial charge in [0.05, 0.1) is 6.54 Å². The predicted molar refractivity (Wildman–Crippen MR) is 78.9 cm³/mol. The highest BCUT2D eigenvalue weighted by molar-refractivity contribution is 5.20. The summed E-state index contributed by atoms with van der Waals surface area (Å²) in [7, 11) is 2.09. The summed E-state index contributed by atoms with van der Waals surface area (Å²) in [4.78, 5) is 0. The van der Waals surface area contributed by atoms with Gasteiger partial charge < -0.3 is 4.74 Å². The topological polar surface area (TPSA) is 21.3 Å². The lowest BCUT2D eigenvalue weighted by Crippen LogP contribution is -2.65. The van der Waals surface area contributed by atoms with E-state index in [1.165, 1.54) is 32.2 Å². The Morgan fingerprint density at radius 3 is 2.74 bits per heavy atom. The second-order valence-electron chi connectivity index (χ2n) is 5.42. The third kappa shape index (κ3) is 3.48. The molecule has 0 saturated carbocycles. The Balaban J connectivity index is 1.91. The fourth-order valence-corrected chi connectivity index (χ4v) is 3.30. The monoisotopic (exact) mass is 263 g/mol. The third-order valence-electron chi connectivity index (χ3n) is 4.46. The Labute approximate surface area is 117 Å². The quantitative estimate of drug-likeness (QED) is 0.797. The van der Waals surface area contributed by atoms with Gasteiger partial charge in [-0.2, -0.15) is 5.43 Å². The highest BCUT2D eigenvalue weighted by Crippen LogP contribution is 2.25. The lowest BCUT2D eigenvalue weighted by molar-refractivity contribution is -0.993. The summed E-state index contributed by atoms with van der Waals surface area (Å²) < 4.78 is 6.89. The van der Waals surface area contributed by atoms with Gasteiger partial charge in [0.2, 0.25) is 0 Å². The molecule has 1 saturated heterocycles. The molecule has 19 heavy (non-hydrogen) atoms. The number of quaternary nitrogens is 1. The van der Waals surface area contributed by atoms with Crippen LogP contribution in [0.3, 0.4) is 0 Å². The maximum Gasteiger partial charge on any atom is 0.139 e. The molecule has 2 atom stereocenters. The number of nitrogens with one attached hydrogen (secondary N) is 1. The Bertz CT molecular complexity index is 368. The summed E-state index contributed by atoms with van der Waals surface area (Å²) in [5.74, 6) is 0.974. The van der Waals surface area contributed by atoms with Crippen molar-refractivity contribution in [2.24, 2.45) is 0 Å². The normalized spacial score (nSPS) is 27.2. The molecular formula is C16H27N2O+. The molecule has 1 aliphatic heterocycles. The van der Waals surface area contributed by atoms with Gasteiger partial charge in [0.15, 0.2) is 0 Å². The lowest BCUT2D eigenvalue weighted by atomic mass is 9.98. The SMILES string of the molecule is CCC1CCCC[N+]1(CCOc1ccccc1)NC. The molecule has 2 rings (SSSR count). The molecule has 0 aromatic heterocycles. The zero-order valence-corrected chi connectivity index (χ0v) is 12.3. The first kappa shape index (κ1) is 14.4. The number of piperidine rings is 1. The molecule has 3 nitrogen and oxygen atoms in total. The van der Waals surface area contributed by atoms with Crippen LogP contribution in [0, 0.1) is 0 Å². The van der Waals surface area contributed by atoms with Crippen molar-refractivity contribution in [3.05, 3.63) is 30.3 Å². The Morgan fingerprint density at radius 1 is 1.26 bits per heavy atom. The van der Waals surface area contributed by atoms with E-state index in [-0.39, 0.29) is 0 Å². The van der Waals surface area contributed by atoms with E-state index in [0.717, 1.165) is 29.5 Å². The van der Waals surface area contributed by atoms with Crippen molar-refractivity contribution in [2.45, 2.75) is 38.6 Å². The smallest absolute Gasteiger partial charge is 0.139 e. The summed E-state index contributed by atoms with van der Waals surface area (Å²) in [6.45, 7) is 5.36. The first-order chi connectivity index (χ1) is 9.30. The van der Waals surface area contributed by atoms with Crippen LogP contribution >= 0.6 is 0 Å². The summed E-state index contributed by atoms with van der Waals surface area (Å²) in [5, 5.41) is 0. The number of likely N-dealkylation sites (tertiary alicyclic amines) is 1. The Morgan fingerprint density at radius 2 is 2.05 bits per heavy atom. The van der Waals surface area contributed by atoms with Crippen molar-refractivity contribution in [1.29, 1.82) is 0 Å². The van der Waals surface area contributed by atoms with Gasteiger partial charge in [-0.25, -0.2) is 4.59 Å². The molecule has 0 aliphatic carbocycles. The summed E-state index contributed by atoms with van der Waals surface area (Å²) in [6, 6.07) is 10.8. The van der Waals surface area contributed by atoms with Crippen molar-refractivity contribution in [2.75, 3.05) is 26.7 Å². The van der Waals surface area contributed by atoms with Crippen molar-refractivity contribution in [3.8, 4) is 5.75 Å². The van der Waals surface area contributed by atoms with Gasteiger partial charge in [-0.05, 0) is 31.4 Å². The van der Waals surface area contributed by atoms with E-state index in [9.17, 15) is 0 Å². The van der Waals surface area contributed by atoms with Crippen molar-refractivity contribution >= 4 is 0 Å². The minimum Gasteiger partial charge on any atom is -0.488 e. The van der Waals surface area contributed by atoms with E-state index in [2.05, 4.69) is 19.4 Å². The Hall–Kier alpha value is -1.06. The first-order valence-electron chi connectivity index (χ1n) is 7.54. The molecular weight excluding hydrogens is 236 g/mol. The highest BCUT2D eigenvalue weighted by Gasteiger charge is 2.37. The number of hydrogen-bond donors (Lipinski definition) is 1. The van der Waals surface area contributed by atoms with Crippen LogP contribution in [0.4, 0.5) is 0 Å². The zero-order valence-electron chi connectivity index (χ0n) is 12.3. The van der Waals surface area contributed by atoms with Gasteiger partial charge in [-0.1, -0.05) is 25.1 Å². The molecule has 0 bridgehead atoms. The van der Waals surface area contributed by atoms with E-state index < -0.39 is 0 Å². The van der Waals surface area contributed by atoms with Crippen LogP contribution in [0.25, 0.3) is 0 Å². The minimum atomic E-state index is 0.734. The Kier molecular flexibility index (Phi) is 5.23. The molecule has 3 heteroatoms. The molecule has 0 radical (unpaired) electrons. The van der Waals surface area contributed by atoms with Crippen molar-refractivity contribution < 1.29 is 9.33 Å². The van der Waals surface area contributed by atoms with Gasteiger partial charge in [0.25, 0.3) is 0 Å². The maximum atomic E-state index is 5.87. The van der Waals surface area contributed by atoms with E-state index in [0.29, 0.717) is 0 Å². The van der Waals surface area contributed by atoms with Gasteiger partial charge in [0, 0.05) is 13.5 Å². The first-order valence-corrected chi connectivity index (χ1v) is 7.54. The van der Waals surface area contributed by atoms with Crippen LogP contribution in [-0.4, -0.2) is 37.4 Å². The van der Waals surface area contributed by atoms with E-state index in [4.69, 9.17) is 4.74 Å². The molecule has 2 unspecified atom stereocenters. The molecule has 1 aromatic rings. The third-order valence-corrected chi connectivity index (χ3v) is 4.46. The van der Waals surface area contributed by atoms with Gasteiger partial charge >= 0.3 is 0 Å². The zero-order chi connectivity index (χ0) is 13.6. The standard InChI is InChI=1S/C16H27N2O/c1-3-15-9-7-8-12-18(15,17-2)13-14-19-16-10-5-4-6-11-16/h4-6,10-11,15,17H,3,7-9,12-14H2,1-2H3/q+1. The van der Waals surface area contributed by atoms with E-state index in [1.807, 2.05) is 30.3 Å². The number of para-hydroxylation sites is 1. The molecule has 1 heterocycles. The van der Waals surface area contributed by atoms with Crippen LogP contribution in [-0.2, 0) is 0 Å². The minimum absolute atomic E-state index is 0.734. The highest BCUT2D eigenvalue weighted by atomic mass is 16.5. The molecule has 0 amide bonds. The second kappa shape index (κ2) is 6.92. The van der Waals surface area contributed by atoms with Gasteiger partial charge in [-0.3, -0.25) is 0 Å². The average Bonchev–Trinajstić information content (AvgIpc) is 2.48. The number of benzene rings is 1. The lowest BCUT2D eigenvalue weighted by Gasteiger charge is -2.45. The van der Waals surface area contributed by atoms with Crippen LogP contribution in [0.15, 0.2) is 30.3 Å². The maximum absolute atomic E-state index is 5.87. The fourth-order valence-electron chi connectivity index (χ4n) is 3.30. The van der Waals surface area contributed by atoms with Crippen LogP contribution in [0.5, 0.6) is 5.75 Å². The van der Waals surface area contributed by atoms with E-state index >= 15 is 0 Å². The predicted octanol–water partition coefficient (Wildman–Crippen LogP) is 2.98. The number of hydrogen-bond acceptors (Lipinski definition) is 2. The number of rotatable bonds is 6. The van der Waals surface area contributed by atoms with Gasteiger partial charge in [-0.15, -0.1) is 0 Å². The number of ether oxygens (including phenoxy) is 1. The van der Waals surface area contributed by atoms with Crippen LogP contribution in [0.1, 0.15) is 32.6 Å². The summed E-state index contributed by atoms with van der Waals surface area (Å²) in [6.07, 6.45) is 5.28. The number of nitrogens with zero attached hydrogens (tertiary/aromatic N) is 1. The molecule has 0 spiro atoms. The molecule has 1 N–H and O–H groups in total. The van der Waals surface area contributed by atoms with Crippen molar-refractivity contribution in [3.63, 3.8) is 0 Å². The van der Waals surface area contributed by atoms with Crippen LogP contribution in [0.2, 0.25) is 0 Å². The largest absolute Gasteiger partial charge is 0.488 e. The molecule has 1 fully saturated rings. The summed E-state index contributed by atoms with van der Waals surface area (Å²) >= 11 is 0. The molecule has 1 aromatic carbocycles. The van der Waals surface area contributed by atoms with E-state index in [1.54, 1.807) is 0 Å². The average molecular weight is 263 g/mol. The molecule has 1 aliphatic rings. The molecule has 106 valence electrons. The van der Waals surface area contributed by atoms with Crippen LogP contribution < -0.4 is 10.2 Å². The second-order valence-corrected chi connectivity index (χ2v) is 5.42.